The molecule has 0 aromatic heterocycles. The van der Waals surface area contributed by atoms with Crippen molar-refractivity contribution < 1.29 is 22.4 Å². The second kappa shape index (κ2) is 15.5. The van der Waals surface area contributed by atoms with E-state index in [0.717, 1.165) is 21.9 Å². The van der Waals surface area contributed by atoms with E-state index in [2.05, 4.69) is 5.32 Å². The van der Waals surface area contributed by atoms with Gasteiger partial charge in [-0.2, -0.15) is 0 Å². The number of rotatable bonds is 14. The van der Waals surface area contributed by atoms with Gasteiger partial charge in [0.2, 0.25) is 11.8 Å². The van der Waals surface area contributed by atoms with Gasteiger partial charge < -0.3 is 10.2 Å². The van der Waals surface area contributed by atoms with E-state index in [1.54, 1.807) is 42.5 Å². The number of carbonyl (C=O) groups is 2. The first kappa shape index (κ1) is 33.4. The number of carbonyl (C=O) groups excluding carboxylic acids is 2. The second-order valence-electron chi connectivity index (χ2n) is 11.0. The molecule has 0 bridgehead atoms. The van der Waals surface area contributed by atoms with Crippen LogP contribution in [0.1, 0.15) is 43.9 Å². The molecule has 4 aromatic rings. The zero-order chi connectivity index (χ0) is 32.4. The van der Waals surface area contributed by atoms with Crippen molar-refractivity contribution in [2.75, 3.05) is 10.8 Å². The lowest BCUT2D eigenvalue weighted by Gasteiger charge is -2.34. The number of sulfonamides is 1. The smallest absolute Gasteiger partial charge is 0.264 e. The van der Waals surface area contributed by atoms with Gasteiger partial charge in [0.15, 0.2) is 0 Å². The van der Waals surface area contributed by atoms with E-state index in [4.69, 9.17) is 0 Å². The minimum atomic E-state index is -4.17. The van der Waals surface area contributed by atoms with Crippen molar-refractivity contribution in [2.45, 2.75) is 63.6 Å². The van der Waals surface area contributed by atoms with E-state index in [0.29, 0.717) is 17.7 Å². The van der Waals surface area contributed by atoms with Crippen LogP contribution in [-0.2, 0) is 39.0 Å². The summed E-state index contributed by atoms with van der Waals surface area (Å²) < 4.78 is 43.0. The van der Waals surface area contributed by atoms with Gasteiger partial charge in [-0.25, -0.2) is 12.8 Å². The van der Waals surface area contributed by atoms with Gasteiger partial charge in [-0.15, -0.1) is 0 Å². The maximum Gasteiger partial charge on any atom is 0.264 e. The molecule has 0 aliphatic heterocycles. The predicted molar refractivity (Wildman–Crippen MR) is 176 cm³/mol. The van der Waals surface area contributed by atoms with Crippen molar-refractivity contribution in [3.05, 3.63) is 132 Å². The molecule has 0 aliphatic carbocycles. The molecule has 9 heteroatoms. The van der Waals surface area contributed by atoms with Gasteiger partial charge in [0.1, 0.15) is 18.4 Å². The Morgan fingerprint density at radius 3 is 1.93 bits per heavy atom. The molecule has 2 amide bonds. The van der Waals surface area contributed by atoms with Crippen molar-refractivity contribution in [1.82, 2.24) is 10.2 Å². The molecule has 2 atom stereocenters. The first-order valence-corrected chi connectivity index (χ1v) is 16.6. The first-order chi connectivity index (χ1) is 21.6. The van der Waals surface area contributed by atoms with Gasteiger partial charge >= 0.3 is 0 Å². The third kappa shape index (κ3) is 8.79. The molecule has 0 aliphatic rings. The lowest BCUT2D eigenvalue weighted by Crippen LogP contribution is -2.54. The highest BCUT2D eigenvalue weighted by atomic mass is 32.2. The Morgan fingerprint density at radius 1 is 0.778 bits per heavy atom. The fourth-order valence-corrected chi connectivity index (χ4v) is 6.36. The Labute approximate surface area is 265 Å². The summed E-state index contributed by atoms with van der Waals surface area (Å²) in [5.41, 5.74) is 2.78. The highest BCUT2D eigenvalue weighted by Gasteiger charge is 2.35. The van der Waals surface area contributed by atoms with Crippen LogP contribution in [-0.4, -0.2) is 43.8 Å². The molecule has 4 rings (SSSR count). The summed E-state index contributed by atoms with van der Waals surface area (Å²) >= 11 is 0. The molecular weight excluding hydrogens is 589 g/mol. The van der Waals surface area contributed by atoms with Crippen molar-refractivity contribution in [2.24, 2.45) is 0 Å². The van der Waals surface area contributed by atoms with Crippen LogP contribution in [0.4, 0.5) is 10.1 Å². The molecule has 0 fully saturated rings. The monoisotopic (exact) mass is 629 g/mol. The average Bonchev–Trinajstić information content (AvgIpc) is 3.06. The predicted octanol–water partition coefficient (Wildman–Crippen LogP) is 6.14. The van der Waals surface area contributed by atoms with E-state index in [1.165, 1.54) is 29.2 Å². The largest absolute Gasteiger partial charge is 0.352 e. The SMILES string of the molecule is CCc1ccc(N(CC(=O)N(Cc2ccc(F)cc2)[C@H](Cc2ccccc2)C(=O)N[C@@H](C)CC)S(=O)(=O)c2ccccc2)cc1. The minimum Gasteiger partial charge on any atom is -0.352 e. The normalized spacial score (nSPS) is 12.6. The van der Waals surface area contributed by atoms with Crippen molar-refractivity contribution in [3.63, 3.8) is 0 Å². The summed E-state index contributed by atoms with van der Waals surface area (Å²) in [5.74, 6) is -1.35. The van der Waals surface area contributed by atoms with E-state index < -0.39 is 34.3 Å². The average molecular weight is 630 g/mol. The van der Waals surface area contributed by atoms with Crippen molar-refractivity contribution in [1.29, 1.82) is 0 Å². The summed E-state index contributed by atoms with van der Waals surface area (Å²) in [7, 11) is -4.17. The van der Waals surface area contributed by atoms with Crippen LogP contribution in [0.25, 0.3) is 0 Å². The number of amides is 2. The zero-order valence-corrected chi connectivity index (χ0v) is 26.7. The third-order valence-corrected chi connectivity index (χ3v) is 9.57. The number of benzene rings is 4. The molecular formula is C36H40FN3O4S. The lowest BCUT2D eigenvalue weighted by molar-refractivity contribution is -0.140. The lowest BCUT2D eigenvalue weighted by atomic mass is 10.0. The first-order valence-electron chi connectivity index (χ1n) is 15.2. The van der Waals surface area contributed by atoms with Crippen LogP contribution in [0.15, 0.2) is 114 Å². The summed E-state index contributed by atoms with van der Waals surface area (Å²) in [5, 5.41) is 3.01. The number of hydrogen-bond acceptors (Lipinski definition) is 4. The van der Waals surface area contributed by atoms with Crippen molar-refractivity contribution >= 4 is 27.5 Å². The Bertz CT molecular complexity index is 1650. The van der Waals surface area contributed by atoms with Crippen molar-refractivity contribution in [3.8, 4) is 0 Å². The van der Waals surface area contributed by atoms with Gasteiger partial charge in [-0.3, -0.25) is 13.9 Å². The van der Waals surface area contributed by atoms with Crippen LogP contribution in [0, 0.1) is 5.82 Å². The Balaban J connectivity index is 1.79. The highest BCUT2D eigenvalue weighted by Crippen LogP contribution is 2.26. The number of nitrogens with one attached hydrogen (secondary N) is 1. The Kier molecular flexibility index (Phi) is 11.5. The number of halogens is 1. The summed E-state index contributed by atoms with van der Waals surface area (Å²) in [6.07, 6.45) is 1.65. The minimum absolute atomic E-state index is 0.0292. The van der Waals surface area contributed by atoms with E-state index in [-0.39, 0.29) is 29.8 Å². The maximum absolute atomic E-state index is 14.5. The number of hydrogen-bond donors (Lipinski definition) is 1. The molecule has 7 nitrogen and oxygen atoms in total. The van der Waals surface area contributed by atoms with E-state index in [9.17, 15) is 22.4 Å². The van der Waals surface area contributed by atoms with Crippen LogP contribution in [0.3, 0.4) is 0 Å². The Hall–Kier alpha value is -4.50. The molecule has 4 aromatic carbocycles. The van der Waals surface area contributed by atoms with E-state index in [1.807, 2.05) is 63.2 Å². The number of aryl methyl sites for hydroxylation is 1. The van der Waals surface area contributed by atoms with Crippen LogP contribution in [0.5, 0.6) is 0 Å². The molecule has 0 unspecified atom stereocenters. The van der Waals surface area contributed by atoms with Crippen LogP contribution in [0.2, 0.25) is 0 Å². The fraction of sp³-hybridized carbons (Fsp3) is 0.278. The van der Waals surface area contributed by atoms with Gasteiger partial charge in [0.05, 0.1) is 10.6 Å². The maximum atomic E-state index is 14.5. The summed E-state index contributed by atoms with van der Waals surface area (Å²) in [6, 6.07) is 28.9. The second-order valence-corrected chi connectivity index (χ2v) is 12.9. The quantitative estimate of drug-likeness (QED) is 0.182. The highest BCUT2D eigenvalue weighted by molar-refractivity contribution is 7.92. The molecule has 0 heterocycles. The number of nitrogens with zero attached hydrogens (tertiary/aromatic N) is 2. The van der Waals surface area contributed by atoms with E-state index >= 15 is 0 Å². The standard InChI is InChI=1S/C36H40FN3O4S/c1-4-27(3)38-36(42)34(24-29-12-8-6-9-13-29)39(25-30-16-20-31(37)21-17-30)35(41)26-40(32-22-18-28(5-2)19-23-32)45(43,44)33-14-10-7-11-15-33/h6-23,27,34H,4-5,24-26H2,1-3H3,(H,38,42)/t27-,34+/m0/s1. The van der Waals surface area contributed by atoms with Gasteiger partial charge in [-0.05, 0) is 72.9 Å². The summed E-state index contributed by atoms with van der Waals surface area (Å²) in [6.45, 7) is 5.26. The fourth-order valence-electron chi connectivity index (χ4n) is 4.93. The summed E-state index contributed by atoms with van der Waals surface area (Å²) in [4.78, 5) is 29.8. The topological polar surface area (TPSA) is 86.8 Å². The molecule has 1 N–H and O–H groups in total. The van der Waals surface area contributed by atoms with Gasteiger partial charge in [0.25, 0.3) is 10.0 Å². The molecule has 0 saturated heterocycles. The Morgan fingerprint density at radius 2 is 1.36 bits per heavy atom. The third-order valence-electron chi connectivity index (χ3n) is 7.78. The molecule has 0 radical (unpaired) electrons. The zero-order valence-electron chi connectivity index (χ0n) is 25.9. The van der Waals surface area contributed by atoms with Crippen LogP contribution >= 0.6 is 0 Å². The van der Waals surface area contributed by atoms with Crippen LogP contribution < -0.4 is 9.62 Å². The van der Waals surface area contributed by atoms with Gasteiger partial charge in [0, 0.05) is 19.0 Å². The molecule has 45 heavy (non-hydrogen) atoms. The molecule has 236 valence electrons. The van der Waals surface area contributed by atoms with Gasteiger partial charge in [-0.1, -0.05) is 86.6 Å². The molecule has 0 spiro atoms. The number of anilines is 1. The molecule has 0 saturated carbocycles.